The van der Waals surface area contributed by atoms with Crippen LogP contribution in [0, 0.1) is 0 Å². The first-order valence-electron chi connectivity index (χ1n) is 11.4. The molecule has 1 atom stereocenters. The van der Waals surface area contributed by atoms with Gasteiger partial charge in [0.05, 0.1) is 43.1 Å². The van der Waals surface area contributed by atoms with Crippen molar-refractivity contribution < 1.29 is 28.9 Å². The summed E-state index contributed by atoms with van der Waals surface area (Å²) in [5.74, 6) is -0.384. The average molecular weight is 567 g/mol. The zero-order valence-electron chi connectivity index (χ0n) is 21.1. The minimum Gasteiger partial charge on any atom is -0.507 e. The lowest BCUT2D eigenvalue weighted by Crippen LogP contribution is -2.29. The summed E-state index contributed by atoms with van der Waals surface area (Å²) < 4.78 is 16.7. The first kappa shape index (κ1) is 26.1. The lowest BCUT2D eigenvalue weighted by Gasteiger charge is -2.26. The molecule has 1 amide bonds. The topological polar surface area (TPSA) is 88.5 Å². The highest BCUT2D eigenvalue weighted by molar-refractivity contribution is 9.10. The highest BCUT2D eigenvalue weighted by Gasteiger charge is 2.47. The summed E-state index contributed by atoms with van der Waals surface area (Å²) in [5, 5.41) is 11.4. The summed E-state index contributed by atoms with van der Waals surface area (Å²) in [6.45, 7) is 0. The van der Waals surface area contributed by atoms with Gasteiger partial charge in [-0.3, -0.25) is 14.5 Å². The quantitative estimate of drug-likeness (QED) is 0.240. The number of ketones is 1. The molecule has 1 saturated heterocycles. The molecule has 0 radical (unpaired) electrons. The van der Waals surface area contributed by atoms with Gasteiger partial charge in [0.1, 0.15) is 23.0 Å². The van der Waals surface area contributed by atoms with Crippen molar-refractivity contribution in [1.29, 1.82) is 0 Å². The van der Waals surface area contributed by atoms with Crippen LogP contribution in [0.15, 0.2) is 70.7 Å². The molecule has 1 unspecified atom stereocenters. The Morgan fingerprint density at radius 1 is 0.892 bits per heavy atom. The normalized spacial score (nSPS) is 16.6. The number of rotatable bonds is 7. The van der Waals surface area contributed by atoms with Crippen LogP contribution in [0.25, 0.3) is 5.76 Å². The number of methoxy groups -OCH3 is 3. The first-order valence-corrected chi connectivity index (χ1v) is 12.1. The number of carbonyl (C=O) groups is 2. The highest BCUT2D eigenvalue weighted by atomic mass is 79.9. The zero-order valence-corrected chi connectivity index (χ0v) is 22.7. The third-order valence-electron chi connectivity index (χ3n) is 6.21. The van der Waals surface area contributed by atoms with Crippen molar-refractivity contribution in [1.82, 2.24) is 0 Å². The Morgan fingerprint density at radius 3 is 2.03 bits per heavy atom. The molecule has 0 aromatic heterocycles. The molecule has 1 aliphatic rings. The van der Waals surface area contributed by atoms with Gasteiger partial charge in [0.15, 0.2) is 0 Å². The van der Waals surface area contributed by atoms with Crippen molar-refractivity contribution in [3.05, 3.63) is 81.8 Å². The van der Waals surface area contributed by atoms with Crippen molar-refractivity contribution in [3.8, 4) is 17.2 Å². The average Bonchev–Trinajstić information content (AvgIpc) is 3.17. The second-order valence-electron chi connectivity index (χ2n) is 8.58. The lowest BCUT2D eigenvalue weighted by molar-refractivity contribution is -0.132. The lowest BCUT2D eigenvalue weighted by atomic mass is 9.95. The van der Waals surface area contributed by atoms with E-state index in [1.807, 2.05) is 43.3 Å². The number of hydrogen-bond donors (Lipinski definition) is 1. The number of aliphatic hydroxyl groups is 1. The fourth-order valence-electron chi connectivity index (χ4n) is 4.27. The molecule has 3 aromatic carbocycles. The van der Waals surface area contributed by atoms with Gasteiger partial charge in [-0.1, -0.05) is 12.1 Å². The standard InChI is InChI=1S/C28H27BrN2O6/c1-30(2)18-9-6-16(7-10-18)25-24(26(32)17-8-11-23(37-5)22(29)12-17)27(33)28(34)31(25)19-13-20(35-3)15-21(14-19)36-4/h6-15,25,32H,1-5H3/b26-24+. The minimum absolute atomic E-state index is 0.0264. The number of ether oxygens (including phenoxy) is 3. The Labute approximate surface area is 223 Å². The largest absolute Gasteiger partial charge is 0.507 e. The van der Waals surface area contributed by atoms with Crippen molar-refractivity contribution >= 4 is 44.8 Å². The number of benzene rings is 3. The van der Waals surface area contributed by atoms with Crippen LogP contribution in [-0.2, 0) is 9.59 Å². The number of anilines is 2. The third-order valence-corrected chi connectivity index (χ3v) is 6.83. The van der Waals surface area contributed by atoms with Crippen LogP contribution < -0.4 is 24.0 Å². The van der Waals surface area contributed by atoms with E-state index in [1.165, 1.54) is 26.2 Å². The summed E-state index contributed by atoms with van der Waals surface area (Å²) in [5.41, 5.74) is 2.34. The van der Waals surface area contributed by atoms with E-state index in [0.29, 0.717) is 38.5 Å². The molecule has 1 fully saturated rings. The zero-order chi connectivity index (χ0) is 26.9. The summed E-state index contributed by atoms with van der Waals surface area (Å²) in [6.07, 6.45) is 0. The molecule has 1 aliphatic heterocycles. The number of halogens is 1. The maximum atomic E-state index is 13.5. The molecular weight excluding hydrogens is 540 g/mol. The number of carbonyl (C=O) groups excluding carboxylic acids is 2. The van der Waals surface area contributed by atoms with Crippen LogP contribution in [0.1, 0.15) is 17.2 Å². The summed E-state index contributed by atoms with van der Waals surface area (Å²) in [7, 11) is 8.39. The second kappa shape index (κ2) is 10.6. The monoisotopic (exact) mass is 566 g/mol. The van der Waals surface area contributed by atoms with E-state index < -0.39 is 17.7 Å². The fourth-order valence-corrected chi connectivity index (χ4v) is 4.81. The van der Waals surface area contributed by atoms with Gasteiger partial charge in [-0.2, -0.15) is 0 Å². The Bertz CT molecular complexity index is 1360. The van der Waals surface area contributed by atoms with Gasteiger partial charge in [0, 0.05) is 43.5 Å². The van der Waals surface area contributed by atoms with Crippen LogP contribution >= 0.6 is 15.9 Å². The van der Waals surface area contributed by atoms with Crippen LogP contribution in [0.4, 0.5) is 11.4 Å². The molecule has 4 rings (SSSR count). The maximum absolute atomic E-state index is 13.5. The Balaban J connectivity index is 1.95. The Hall–Kier alpha value is -3.98. The number of nitrogens with zero attached hydrogens (tertiary/aromatic N) is 2. The van der Waals surface area contributed by atoms with E-state index in [9.17, 15) is 14.7 Å². The molecule has 0 bridgehead atoms. The van der Waals surface area contributed by atoms with Gasteiger partial charge >= 0.3 is 0 Å². The molecule has 9 heteroatoms. The molecule has 0 saturated carbocycles. The van der Waals surface area contributed by atoms with E-state index in [4.69, 9.17) is 14.2 Å². The molecule has 1 N–H and O–H groups in total. The SMILES string of the molecule is COc1cc(OC)cc(N2C(=O)C(=O)/C(=C(/O)c3ccc(OC)c(Br)c3)C2c2ccc(N(C)C)cc2)c1. The molecule has 1 heterocycles. The number of aliphatic hydroxyl groups excluding tert-OH is 1. The fraction of sp³-hybridized carbons (Fsp3) is 0.214. The van der Waals surface area contributed by atoms with Crippen molar-refractivity contribution in [2.75, 3.05) is 45.2 Å². The third kappa shape index (κ3) is 4.86. The predicted molar refractivity (Wildman–Crippen MR) is 146 cm³/mol. The highest BCUT2D eigenvalue weighted by Crippen LogP contribution is 2.44. The number of Topliss-reactive ketones (excluding diaryl/α,β-unsaturated/α-hetero) is 1. The molecule has 37 heavy (non-hydrogen) atoms. The smallest absolute Gasteiger partial charge is 0.300 e. The van der Waals surface area contributed by atoms with Crippen molar-refractivity contribution in [2.24, 2.45) is 0 Å². The Kier molecular flexibility index (Phi) is 7.45. The van der Waals surface area contributed by atoms with E-state index in [0.717, 1.165) is 5.69 Å². The van der Waals surface area contributed by atoms with Crippen molar-refractivity contribution in [3.63, 3.8) is 0 Å². The van der Waals surface area contributed by atoms with Gasteiger partial charge in [-0.25, -0.2) is 0 Å². The van der Waals surface area contributed by atoms with Crippen LogP contribution in [-0.4, -0.2) is 52.2 Å². The molecule has 0 spiro atoms. The molecule has 0 aliphatic carbocycles. The van der Waals surface area contributed by atoms with Crippen molar-refractivity contribution in [2.45, 2.75) is 6.04 Å². The predicted octanol–water partition coefficient (Wildman–Crippen LogP) is 5.17. The van der Waals surface area contributed by atoms with Gasteiger partial charge in [0.2, 0.25) is 0 Å². The van der Waals surface area contributed by atoms with Gasteiger partial charge in [0.25, 0.3) is 11.7 Å². The summed E-state index contributed by atoms with van der Waals surface area (Å²) in [6, 6.07) is 16.5. The van der Waals surface area contributed by atoms with Gasteiger partial charge in [-0.05, 0) is 51.8 Å². The minimum atomic E-state index is -0.895. The van der Waals surface area contributed by atoms with Crippen LogP contribution in [0.2, 0.25) is 0 Å². The van der Waals surface area contributed by atoms with E-state index in [-0.39, 0.29) is 11.3 Å². The summed E-state index contributed by atoms with van der Waals surface area (Å²) >= 11 is 3.42. The number of amides is 1. The van der Waals surface area contributed by atoms with Gasteiger partial charge in [-0.15, -0.1) is 0 Å². The first-order chi connectivity index (χ1) is 17.7. The van der Waals surface area contributed by atoms with E-state index in [1.54, 1.807) is 36.4 Å². The maximum Gasteiger partial charge on any atom is 0.300 e. The number of hydrogen-bond acceptors (Lipinski definition) is 7. The molecule has 192 valence electrons. The van der Waals surface area contributed by atoms with E-state index in [2.05, 4.69) is 15.9 Å². The molecule has 3 aromatic rings. The van der Waals surface area contributed by atoms with Crippen LogP contribution in [0.3, 0.4) is 0 Å². The second-order valence-corrected chi connectivity index (χ2v) is 9.43. The van der Waals surface area contributed by atoms with Gasteiger partial charge < -0.3 is 24.2 Å². The summed E-state index contributed by atoms with van der Waals surface area (Å²) in [4.78, 5) is 30.3. The molecular formula is C28H27BrN2O6. The molecule has 8 nitrogen and oxygen atoms in total. The Morgan fingerprint density at radius 2 is 1.51 bits per heavy atom. The van der Waals surface area contributed by atoms with E-state index >= 15 is 0 Å². The van der Waals surface area contributed by atoms with Crippen LogP contribution in [0.5, 0.6) is 17.2 Å².